The number of nitrogens with one attached hydrogen (secondary N) is 2. The summed E-state index contributed by atoms with van der Waals surface area (Å²) in [4.78, 5) is 13.9. The molecule has 17 heavy (non-hydrogen) atoms. The molecule has 1 rings (SSSR count). The fraction of sp³-hybridized carbons (Fsp3) is 0.923. The van der Waals surface area contributed by atoms with Gasteiger partial charge in [0.15, 0.2) is 0 Å². The third kappa shape index (κ3) is 6.64. The van der Waals surface area contributed by atoms with E-state index in [1.54, 1.807) is 0 Å². The van der Waals surface area contributed by atoms with Crippen molar-refractivity contribution < 1.29 is 4.79 Å². The molecule has 1 unspecified atom stereocenters. The molecule has 0 bridgehead atoms. The second-order valence-corrected chi connectivity index (χ2v) is 4.99. The van der Waals surface area contributed by atoms with Crippen molar-refractivity contribution in [3.8, 4) is 0 Å². The van der Waals surface area contributed by atoms with Gasteiger partial charge in [-0.25, -0.2) is 0 Å². The van der Waals surface area contributed by atoms with E-state index >= 15 is 0 Å². The molecular formula is C13H27N3O. The number of carbonyl (C=O) groups is 1. The smallest absolute Gasteiger partial charge is 0.233 e. The van der Waals surface area contributed by atoms with Crippen molar-refractivity contribution in [3.63, 3.8) is 0 Å². The minimum absolute atomic E-state index is 0.109. The van der Waals surface area contributed by atoms with Crippen molar-refractivity contribution in [2.75, 3.05) is 32.7 Å². The molecule has 0 aromatic heterocycles. The molecule has 0 aromatic carbocycles. The van der Waals surface area contributed by atoms with Crippen molar-refractivity contribution >= 4 is 5.91 Å². The molecule has 4 heteroatoms. The van der Waals surface area contributed by atoms with Crippen LogP contribution in [0.3, 0.4) is 0 Å². The molecule has 2 N–H and O–H groups in total. The highest BCUT2D eigenvalue weighted by molar-refractivity contribution is 5.77. The molecule has 1 atom stereocenters. The number of nitrogens with zero attached hydrogens (tertiary/aromatic N) is 1. The lowest BCUT2D eigenvalue weighted by atomic mass is 10.1. The fourth-order valence-corrected chi connectivity index (χ4v) is 2.19. The molecule has 1 amide bonds. The lowest BCUT2D eigenvalue weighted by molar-refractivity contribution is -0.120. The van der Waals surface area contributed by atoms with Crippen molar-refractivity contribution in [2.24, 2.45) is 0 Å². The van der Waals surface area contributed by atoms with Crippen LogP contribution in [0, 0.1) is 0 Å². The number of likely N-dealkylation sites (tertiary alicyclic amines) is 1. The quantitative estimate of drug-likeness (QED) is 0.698. The van der Waals surface area contributed by atoms with Crippen LogP contribution >= 0.6 is 0 Å². The number of rotatable bonds is 7. The molecule has 0 saturated carbocycles. The molecule has 1 heterocycles. The number of amides is 1. The Morgan fingerprint density at radius 3 is 2.65 bits per heavy atom. The van der Waals surface area contributed by atoms with Gasteiger partial charge in [-0.05, 0) is 39.3 Å². The first-order valence-corrected chi connectivity index (χ1v) is 6.94. The van der Waals surface area contributed by atoms with Crippen LogP contribution in [-0.4, -0.2) is 49.6 Å². The predicted molar refractivity (Wildman–Crippen MR) is 71.1 cm³/mol. The lowest BCUT2D eigenvalue weighted by Gasteiger charge is -2.29. The Morgan fingerprint density at radius 2 is 2.00 bits per heavy atom. The van der Waals surface area contributed by atoms with E-state index in [0.29, 0.717) is 12.6 Å². The van der Waals surface area contributed by atoms with Crippen LogP contribution in [0.2, 0.25) is 0 Å². The predicted octanol–water partition coefficient (Wildman–Crippen LogP) is 0.977. The normalized spacial score (nSPS) is 18.9. The van der Waals surface area contributed by atoms with E-state index in [1.165, 1.54) is 32.4 Å². The highest BCUT2D eigenvalue weighted by Gasteiger charge is 2.13. The van der Waals surface area contributed by atoms with Gasteiger partial charge in [0.25, 0.3) is 0 Å². The molecule has 0 aromatic rings. The monoisotopic (exact) mass is 241 g/mol. The van der Waals surface area contributed by atoms with Gasteiger partial charge in [-0.15, -0.1) is 0 Å². The summed E-state index contributed by atoms with van der Waals surface area (Å²) < 4.78 is 0. The van der Waals surface area contributed by atoms with Gasteiger partial charge in [0.05, 0.1) is 6.54 Å². The van der Waals surface area contributed by atoms with Crippen molar-refractivity contribution in [1.29, 1.82) is 0 Å². The SMILES string of the molecule is CCCNC(=O)CNC(C)CN1CCCCC1. The minimum Gasteiger partial charge on any atom is -0.355 e. The van der Waals surface area contributed by atoms with Gasteiger partial charge >= 0.3 is 0 Å². The van der Waals surface area contributed by atoms with Crippen molar-refractivity contribution in [1.82, 2.24) is 15.5 Å². The molecule has 0 radical (unpaired) electrons. The Morgan fingerprint density at radius 1 is 1.29 bits per heavy atom. The maximum atomic E-state index is 11.4. The zero-order valence-electron chi connectivity index (χ0n) is 11.3. The number of piperidine rings is 1. The number of hydrogen-bond donors (Lipinski definition) is 2. The third-order valence-corrected chi connectivity index (χ3v) is 3.16. The van der Waals surface area contributed by atoms with Gasteiger partial charge < -0.3 is 15.5 Å². The Balaban J connectivity index is 2.07. The van der Waals surface area contributed by atoms with Crippen molar-refractivity contribution in [2.45, 2.75) is 45.6 Å². The maximum Gasteiger partial charge on any atom is 0.233 e. The molecule has 0 spiro atoms. The van der Waals surface area contributed by atoms with E-state index in [1.807, 2.05) is 0 Å². The van der Waals surface area contributed by atoms with Crippen LogP contribution in [-0.2, 0) is 4.79 Å². The van der Waals surface area contributed by atoms with Crippen LogP contribution in [0.25, 0.3) is 0 Å². The highest BCUT2D eigenvalue weighted by Crippen LogP contribution is 2.08. The summed E-state index contributed by atoms with van der Waals surface area (Å²) in [6, 6.07) is 0.389. The van der Waals surface area contributed by atoms with E-state index in [9.17, 15) is 4.79 Å². The molecule has 1 aliphatic rings. The van der Waals surface area contributed by atoms with E-state index in [2.05, 4.69) is 29.4 Å². The zero-order valence-corrected chi connectivity index (χ0v) is 11.3. The average Bonchev–Trinajstić information content (AvgIpc) is 2.35. The second kappa shape index (κ2) is 8.48. The van der Waals surface area contributed by atoms with Gasteiger partial charge in [-0.2, -0.15) is 0 Å². The first kappa shape index (κ1) is 14.5. The van der Waals surface area contributed by atoms with Gasteiger partial charge in [-0.1, -0.05) is 13.3 Å². The largest absolute Gasteiger partial charge is 0.355 e. The Kier molecular flexibility index (Phi) is 7.21. The summed E-state index contributed by atoms with van der Waals surface area (Å²) in [5, 5.41) is 6.16. The Hall–Kier alpha value is -0.610. The summed E-state index contributed by atoms with van der Waals surface area (Å²) in [5.41, 5.74) is 0. The molecule has 1 fully saturated rings. The molecule has 0 aliphatic carbocycles. The topological polar surface area (TPSA) is 44.4 Å². The first-order valence-electron chi connectivity index (χ1n) is 6.94. The van der Waals surface area contributed by atoms with Gasteiger partial charge in [-0.3, -0.25) is 4.79 Å². The Labute approximate surface area is 105 Å². The number of carbonyl (C=O) groups excluding carboxylic acids is 1. The van der Waals surface area contributed by atoms with E-state index < -0.39 is 0 Å². The maximum absolute atomic E-state index is 11.4. The molecule has 4 nitrogen and oxygen atoms in total. The first-order chi connectivity index (χ1) is 8.22. The zero-order chi connectivity index (χ0) is 12.5. The summed E-state index contributed by atoms with van der Waals surface area (Å²) in [6.45, 7) is 8.92. The summed E-state index contributed by atoms with van der Waals surface area (Å²) >= 11 is 0. The number of hydrogen-bond acceptors (Lipinski definition) is 3. The third-order valence-electron chi connectivity index (χ3n) is 3.16. The van der Waals surface area contributed by atoms with Crippen LogP contribution in [0.4, 0.5) is 0 Å². The van der Waals surface area contributed by atoms with E-state index in [0.717, 1.165) is 19.5 Å². The standard InChI is InChI=1S/C13H27N3O/c1-3-7-14-13(17)10-15-12(2)11-16-8-5-4-6-9-16/h12,15H,3-11H2,1-2H3,(H,14,17). The molecule has 100 valence electrons. The van der Waals surface area contributed by atoms with E-state index in [-0.39, 0.29) is 5.91 Å². The van der Waals surface area contributed by atoms with Crippen molar-refractivity contribution in [3.05, 3.63) is 0 Å². The van der Waals surface area contributed by atoms with Crippen LogP contribution in [0.5, 0.6) is 0 Å². The van der Waals surface area contributed by atoms with Crippen LogP contribution in [0.1, 0.15) is 39.5 Å². The summed E-state index contributed by atoms with van der Waals surface area (Å²) in [6.07, 6.45) is 5.01. The lowest BCUT2D eigenvalue weighted by Crippen LogP contribution is -2.45. The van der Waals surface area contributed by atoms with Gasteiger partial charge in [0, 0.05) is 19.1 Å². The fourth-order valence-electron chi connectivity index (χ4n) is 2.19. The molecular weight excluding hydrogens is 214 g/mol. The van der Waals surface area contributed by atoms with Crippen LogP contribution < -0.4 is 10.6 Å². The Bertz CT molecular complexity index is 215. The van der Waals surface area contributed by atoms with Gasteiger partial charge in [0.1, 0.15) is 0 Å². The highest BCUT2D eigenvalue weighted by atomic mass is 16.1. The van der Waals surface area contributed by atoms with E-state index in [4.69, 9.17) is 0 Å². The van der Waals surface area contributed by atoms with Crippen LogP contribution in [0.15, 0.2) is 0 Å². The molecule has 1 aliphatic heterocycles. The average molecular weight is 241 g/mol. The molecule has 1 saturated heterocycles. The summed E-state index contributed by atoms with van der Waals surface area (Å²) in [7, 11) is 0. The minimum atomic E-state index is 0.109. The summed E-state index contributed by atoms with van der Waals surface area (Å²) in [5.74, 6) is 0.109. The second-order valence-electron chi connectivity index (χ2n) is 4.99. The van der Waals surface area contributed by atoms with Gasteiger partial charge in [0.2, 0.25) is 5.91 Å².